The lowest BCUT2D eigenvalue weighted by Crippen LogP contribution is -1.85. The van der Waals surface area contributed by atoms with E-state index in [9.17, 15) is 0 Å². The SMILES string of the molecule is c1ccc(CCSSSCc2ccccn2)cc1. The van der Waals surface area contributed by atoms with Crippen LogP contribution in [0.2, 0.25) is 0 Å². The van der Waals surface area contributed by atoms with E-state index in [1.165, 1.54) is 5.56 Å². The fourth-order valence-corrected chi connectivity index (χ4v) is 5.06. The van der Waals surface area contributed by atoms with E-state index in [1.54, 1.807) is 0 Å². The molecule has 0 aliphatic carbocycles. The Balaban J connectivity index is 1.54. The summed E-state index contributed by atoms with van der Waals surface area (Å²) in [5, 5.41) is 0. The zero-order valence-electron chi connectivity index (χ0n) is 9.99. The molecule has 0 N–H and O–H groups in total. The first-order chi connectivity index (χ1) is 8.95. The van der Waals surface area contributed by atoms with Crippen molar-refractivity contribution >= 4 is 31.4 Å². The van der Waals surface area contributed by atoms with Gasteiger partial charge in [0.25, 0.3) is 0 Å². The Morgan fingerprint density at radius 1 is 0.889 bits per heavy atom. The lowest BCUT2D eigenvalue weighted by Gasteiger charge is -2.01. The number of rotatable bonds is 7. The minimum absolute atomic E-state index is 0.976. The van der Waals surface area contributed by atoms with E-state index in [0.29, 0.717) is 0 Å². The molecule has 18 heavy (non-hydrogen) atoms. The summed E-state index contributed by atoms with van der Waals surface area (Å²) < 4.78 is 0. The fraction of sp³-hybridized carbons (Fsp3) is 0.214. The number of nitrogens with zero attached hydrogens (tertiary/aromatic N) is 1. The van der Waals surface area contributed by atoms with Gasteiger partial charge in [-0.05, 0) is 33.9 Å². The first-order valence-corrected chi connectivity index (χ1v) is 9.62. The molecule has 0 unspecified atom stereocenters. The van der Waals surface area contributed by atoms with Crippen LogP contribution in [0.15, 0.2) is 54.7 Å². The van der Waals surface area contributed by atoms with Gasteiger partial charge in [-0.3, -0.25) is 4.98 Å². The van der Waals surface area contributed by atoms with Gasteiger partial charge in [-0.25, -0.2) is 0 Å². The molecule has 2 rings (SSSR count). The van der Waals surface area contributed by atoms with Crippen LogP contribution in [0.25, 0.3) is 0 Å². The Hall–Kier alpha value is -0.580. The van der Waals surface area contributed by atoms with E-state index in [2.05, 4.69) is 41.4 Å². The molecule has 0 aliphatic heterocycles. The Bertz CT molecular complexity index is 390. The van der Waals surface area contributed by atoms with Crippen molar-refractivity contribution in [1.29, 1.82) is 0 Å². The molecule has 1 aromatic heterocycles. The van der Waals surface area contributed by atoms with Crippen molar-refractivity contribution in [2.75, 3.05) is 5.75 Å². The van der Waals surface area contributed by atoms with Crippen LogP contribution in [0, 0.1) is 0 Å². The van der Waals surface area contributed by atoms with E-state index in [1.807, 2.05) is 49.7 Å². The maximum Gasteiger partial charge on any atom is 0.0511 e. The number of hydrogen-bond donors (Lipinski definition) is 0. The molecular formula is C14H15NS3. The average Bonchev–Trinajstić information content (AvgIpc) is 2.45. The standard InChI is InChI=1S/C14H15NS3/c1-2-6-13(7-3-1)9-11-16-18-17-12-14-8-4-5-10-15-14/h1-8,10H,9,11-12H2. The molecule has 94 valence electrons. The summed E-state index contributed by atoms with van der Waals surface area (Å²) in [7, 11) is 5.64. The lowest BCUT2D eigenvalue weighted by atomic mass is 10.2. The van der Waals surface area contributed by atoms with Crippen LogP contribution in [0.4, 0.5) is 0 Å². The highest BCUT2D eigenvalue weighted by molar-refractivity contribution is 9.09. The van der Waals surface area contributed by atoms with Crippen LogP contribution in [-0.2, 0) is 12.2 Å². The molecule has 1 heterocycles. The Morgan fingerprint density at radius 3 is 2.50 bits per heavy atom. The summed E-state index contributed by atoms with van der Waals surface area (Å²) in [6, 6.07) is 16.7. The largest absolute Gasteiger partial charge is 0.260 e. The van der Waals surface area contributed by atoms with Gasteiger partial charge in [-0.2, -0.15) is 0 Å². The third-order valence-electron chi connectivity index (χ3n) is 2.35. The van der Waals surface area contributed by atoms with Crippen LogP contribution in [0.1, 0.15) is 11.3 Å². The topological polar surface area (TPSA) is 12.9 Å². The number of aryl methyl sites for hydroxylation is 1. The van der Waals surface area contributed by atoms with Gasteiger partial charge < -0.3 is 0 Å². The predicted molar refractivity (Wildman–Crippen MR) is 85.7 cm³/mol. The van der Waals surface area contributed by atoms with Gasteiger partial charge in [-0.15, -0.1) is 0 Å². The van der Waals surface area contributed by atoms with Gasteiger partial charge in [0, 0.05) is 17.7 Å². The molecule has 0 amide bonds. The smallest absolute Gasteiger partial charge is 0.0511 e. The normalized spacial score (nSPS) is 10.4. The van der Waals surface area contributed by atoms with E-state index in [-0.39, 0.29) is 0 Å². The monoisotopic (exact) mass is 293 g/mol. The van der Waals surface area contributed by atoms with E-state index < -0.39 is 0 Å². The number of hydrogen-bond acceptors (Lipinski definition) is 4. The van der Waals surface area contributed by atoms with E-state index in [4.69, 9.17) is 0 Å². The second-order valence-electron chi connectivity index (χ2n) is 3.71. The molecule has 0 saturated heterocycles. The summed E-state index contributed by atoms with van der Waals surface area (Å²) in [6.45, 7) is 0. The molecule has 0 aliphatic rings. The second-order valence-corrected chi connectivity index (χ2v) is 8.06. The van der Waals surface area contributed by atoms with Crippen molar-refractivity contribution in [3.63, 3.8) is 0 Å². The van der Waals surface area contributed by atoms with Gasteiger partial charge in [0.2, 0.25) is 0 Å². The third-order valence-corrected chi connectivity index (χ3v) is 6.49. The minimum Gasteiger partial charge on any atom is -0.260 e. The van der Waals surface area contributed by atoms with Crippen molar-refractivity contribution in [2.45, 2.75) is 12.2 Å². The number of aromatic nitrogens is 1. The zero-order valence-corrected chi connectivity index (χ0v) is 12.4. The zero-order chi connectivity index (χ0) is 12.5. The van der Waals surface area contributed by atoms with E-state index in [0.717, 1.165) is 23.6 Å². The molecule has 0 atom stereocenters. The predicted octanol–water partition coefficient (Wildman–Crippen LogP) is 4.85. The van der Waals surface area contributed by atoms with Gasteiger partial charge in [-0.1, -0.05) is 58.0 Å². The van der Waals surface area contributed by atoms with Crippen LogP contribution < -0.4 is 0 Å². The molecule has 0 saturated carbocycles. The van der Waals surface area contributed by atoms with Crippen LogP contribution in [-0.4, -0.2) is 10.7 Å². The van der Waals surface area contributed by atoms with Crippen LogP contribution in [0.3, 0.4) is 0 Å². The highest BCUT2D eigenvalue weighted by Gasteiger charge is 1.96. The van der Waals surface area contributed by atoms with Crippen molar-refractivity contribution in [3.8, 4) is 0 Å². The molecule has 4 heteroatoms. The highest BCUT2D eigenvalue weighted by Crippen LogP contribution is 2.36. The maximum atomic E-state index is 4.30. The van der Waals surface area contributed by atoms with Gasteiger partial charge in [0.1, 0.15) is 0 Å². The molecular weight excluding hydrogens is 278 g/mol. The Morgan fingerprint density at radius 2 is 1.72 bits per heavy atom. The Labute approximate surface area is 120 Å². The third kappa shape index (κ3) is 5.38. The first kappa shape index (κ1) is 13.8. The quantitative estimate of drug-likeness (QED) is 0.534. The molecule has 0 radical (unpaired) electrons. The summed E-state index contributed by atoms with van der Waals surface area (Å²) >= 11 is 0. The van der Waals surface area contributed by atoms with Crippen molar-refractivity contribution in [3.05, 3.63) is 66.0 Å². The average molecular weight is 293 g/mol. The van der Waals surface area contributed by atoms with Crippen LogP contribution >= 0.6 is 31.4 Å². The fourth-order valence-electron chi connectivity index (χ4n) is 1.44. The first-order valence-electron chi connectivity index (χ1n) is 5.80. The second kappa shape index (κ2) is 8.51. The van der Waals surface area contributed by atoms with Gasteiger partial charge in [0.05, 0.1) is 5.69 Å². The molecule has 1 nitrogen and oxygen atoms in total. The molecule has 0 bridgehead atoms. The Kier molecular flexibility index (Phi) is 6.54. The van der Waals surface area contributed by atoms with Crippen molar-refractivity contribution in [1.82, 2.24) is 4.98 Å². The van der Waals surface area contributed by atoms with Gasteiger partial charge >= 0.3 is 0 Å². The molecule has 2 aromatic rings. The van der Waals surface area contributed by atoms with Crippen molar-refractivity contribution < 1.29 is 0 Å². The summed E-state index contributed by atoms with van der Waals surface area (Å²) in [5.41, 5.74) is 2.57. The highest BCUT2D eigenvalue weighted by atomic mass is 33.5. The van der Waals surface area contributed by atoms with Crippen molar-refractivity contribution in [2.24, 2.45) is 0 Å². The molecule has 0 fully saturated rings. The molecule has 1 aromatic carbocycles. The molecule has 0 spiro atoms. The number of pyridine rings is 1. The lowest BCUT2D eigenvalue weighted by molar-refractivity contribution is 1.16. The number of benzene rings is 1. The minimum atomic E-state index is 0.976. The van der Waals surface area contributed by atoms with Crippen LogP contribution in [0.5, 0.6) is 0 Å². The van der Waals surface area contributed by atoms with E-state index >= 15 is 0 Å². The maximum absolute atomic E-state index is 4.30. The van der Waals surface area contributed by atoms with Gasteiger partial charge in [0.15, 0.2) is 0 Å². The summed E-state index contributed by atoms with van der Waals surface area (Å²) in [6.07, 6.45) is 2.99. The summed E-state index contributed by atoms with van der Waals surface area (Å²) in [4.78, 5) is 4.30. The summed E-state index contributed by atoms with van der Waals surface area (Å²) in [5.74, 6) is 2.13.